The molecule has 3 rings (SSSR count). The molecule has 1 atom stereocenters. The molecule has 0 bridgehead atoms. The van der Waals surface area contributed by atoms with Crippen LogP contribution in [-0.4, -0.2) is 32.9 Å². The third-order valence-corrected chi connectivity index (χ3v) is 3.21. The first-order valence-electron chi connectivity index (χ1n) is 6.34. The molecule has 0 fully saturated rings. The number of rotatable bonds is 2. The normalized spacial score (nSPS) is 22.0. The summed E-state index contributed by atoms with van der Waals surface area (Å²) in [6.07, 6.45) is -5.60. The molecule has 0 radical (unpaired) electrons. The highest BCUT2D eigenvalue weighted by atomic mass is 19.4. The van der Waals surface area contributed by atoms with Crippen LogP contribution in [-0.2, 0) is 0 Å². The van der Waals surface area contributed by atoms with Crippen molar-refractivity contribution in [3.05, 3.63) is 30.3 Å². The SMILES string of the molecule is CC1=NN(c2nc(-c3ccccc3)no2)[C@](O)(C(F)(F)F)C1. The lowest BCUT2D eigenvalue weighted by atomic mass is 10.1. The van der Waals surface area contributed by atoms with Crippen LogP contribution in [0.15, 0.2) is 40.0 Å². The van der Waals surface area contributed by atoms with Crippen LogP contribution >= 0.6 is 0 Å². The molecule has 0 unspecified atom stereocenters. The predicted molar refractivity (Wildman–Crippen MR) is 70.9 cm³/mol. The molecule has 2 heterocycles. The lowest BCUT2D eigenvalue weighted by Gasteiger charge is -2.31. The van der Waals surface area contributed by atoms with Gasteiger partial charge in [-0.3, -0.25) is 0 Å². The van der Waals surface area contributed by atoms with Gasteiger partial charge in [0.1, 0.15) is 0 Å². The molecule has 1 aliphatic heterocycles. The highest BCUT2D eigenvalue weighted by molar-refractivity contribution is 5.86. The minimum atomic E-state index is -4.92. The van der Waals surface area contributed by atoms with Gasteiger partial charge in [-0.15, -0.1) is 0 Å². The molecule has 1 aromatic heterocycles. The number of halogens is 3. The Kier molecular flexibility index (Phi) is 3.17. The predicted octanol–water partition coefficient (Wildman–Crippen LogP) is 2.57. The quantitative estimate of drug-likeness (QED) is 0.922. The molecule has 22 heavy (non-hydrogen) atoms. The zero-order valence-corrected chi connectivity index (χ0v) is 11.4. The number of alkyl halides is 3. The van der Waals surface area contributed by atoms with Gasteiger partial charge in [0, 0.05) is 17.7 Å². The van der Waals surface area contributed by atoms with Crippen LogP contribution in [0.4, 0.5) is 19.2 Å². The Morgan fingerprint density at radius 1 is 1.27 bits per heavy atom. The summed E-state index contributed by atoms with van der Waals surface area (Å²) in [5.74, 6) is 0.111. The van der Waals surface area contributed by atoms with Crippen LogP contribution in [0, 0.1) is 0 Å². The van der Waals surface area contributed by atoms with Crippen LogP contribution in [0.3, 0.4) is 0 Å². The third kappa shape index (κ3) is 2.23. The van der Waals surface area contributed by atoms with Gasteiger partial charge in [0.2, 0.25) is 5.82 Å². The topological polar surface area (TPSA) is 74.8 Å². The average molecular weight is 312 g/mol. The van der Waals surface area contributed by atoms with Crippen molar-refractivity contribution in [1.82, 2.24) is 10.1 Å². The van der Waals surface area contributed by atoms with E-state index < -0.39 is 24.3 Å². The number of aromatic nitrogens is 2. The number of hydrazone groups is 1. The van der Waals surface area contributed by atoms with E-state index in [0.29, 0.717) is 10.6 Å². The van der Waals surface area contributed by atoms with E-state index in [1.807, 2.05) is 0 Å². The Labute approximate surface area is 122 Å². The number of benzene rings is 1. The number of hydrogen-bond acceptors (Lipinski definition) is 6. The second-order valence-corrected chi connectivity index (χ2v) is 4.90. The molecule has 2 aromatic rings. The van der Waals surface area contributed by atoms with E-state index >= 15 is 0 Å². The van der Waals surface area contributed by atoms with E-state index in [4.69, 9.17) is 4.52 Å². The van der Waals surface area contributed by atoms with Crippen molar-refractivity contribution in [2.24, 2.45) is 5.10 Å². The maximum Gasteiger partial charge on any atom is 0.438 e. The molecule has 1 aliphatic rings. The summed E-state index contributed by atoms with van der Waals surface area (Å²) >= 11 is 0. The molecular weight excluding hydrogens is 301 g/mol. The van der Waals surface area contributed by atoms with E-state index in [0.717, 1.165) is 0 Å². The fraction of sp³-hybridized carbons (Fsp3) is 0.308. The third-order valence-electron chi connectivity index (χ3n) is 3.21. The number of nitrogens with zero attached hydrogens (tertiary/aromatic N) is 4. The summed E-state index contributed by atoms with van der Waals surface area (Å²) < 4.78 is 44.2. The van der Waals surface area contributed by atoms with E-state index in [1.54, 1.807) is 30.3 Å². The van der Waals surface area contributed by atoms with Crippen LogP contribution in [0.1, 0.15) is 13.3 Å². The summed E-state index contributed by atoms with van der Waals surface area (Å²) in [7, 11) is 0. The zero-order chi connectivity index (χ0) is 16.0. The van der Waals surface area contributed by atoms with E-state index in [9.17, 15) is 18.3 Å². The molecule has 0 saturated carbocycles. The van der Waals surface area contributed by atoms with Crippen molar-refractivity contribution in [1.29, 1.82) is 0 Å². The van der Waals surface area contributed by atoms with Gasteiger partial charge in [0.05, 0.1) is 0 Å². The largest absolute Gasteiger partial charge is 0.438 e. The lowest BCUT2D eigenvalue weighted by Crippen LogP contribution is -2.55. The van der Waals surface area contributed by atoms with Crippen LogP contribution in [0.25, 0.3) is 11.4 Å². The molecule has 116 valence electrons. The Balaban J connectivity index is 1.99. The van der Waals surface area contributed by atoms with Gasteiger partial charge >= 0.3 is 12.2 Å². The van der Waals surface area contributed by atoms with Crippen molar-refractivity contribution in [3.63, 3.8) is 0 Å². The maximum atomic E-state index is 13.1. The van der Waals surface area contributed by atoms with Gasteiger partial charge in [-0.25, -0.2) is 0 Å². The molecule has 1 aromatic carbocycles. The first-order chi connectivity index (χ1) is 10.3. The van der Waals surface area contributed by atoms with Crippen LogP contribution in [0.5, 0.6) is 0 Å². The van der Waals surface area contributed by atoms with Gasteiger partial charge in [-0.2, -0.15) is 28.3 Å². The monoisotopic (exact) mass is 312 g/mol. The van der Waals surface area contributed by atoms with E-state index in [2.05, 4.69) is 15.2 Å². The number of anilines is 1. The molecule has 0 spiro atoms. The van der Waals surface area contributed by atoms with E-state index in [1.165, 1.54) is 6.92 Å². The second-order valence-electron chi connectivity index (χ2n) is 4.90. The van der Waals surface area contributed by atoms with Crippen molar-refractivity contribution in [2.45, 2.75) is 25.2 Å². The maximum absolute atomic E-state index is 13.1. The Morgan fingerprint density at radius 3 is 2.59 bits per heavy atom. The van der Waals surface area contributed by atoms with E-state index in [-0.39, 0.29) is 11.5 Å². The number of hydrogen-bond donors (Lipinski definition) is 1. The second kappa shape index (κ2) is 4.80. The molecular formula is C13H11F3N4O2. The molecule has 0 saturated heterocycles. The van der Waals surface area contributed by atoms with Gasteiger partial charge in [-0.05, 0) is 6.92 Å². The molecule has 1 N–H and O–H groups in total. The van der Waals surface area contributed by atoms with Gasteiger partial charge < -0.3 is 9.63 Å². The van der Waals surface area contributed by atoms with Crippen LogP contribution < -0.4 is 5.01 Å². The summed E-state index contributed by atoms with van der Waals surface area (Å²) in [6, 6.07) is 8.09. The summed E-state index contributed by atoms with van der Waals surface area (Å²) in [5, 5.41) is 17.6. The lowest BCUT2D eigenvalue weighted by molar-refractivity contribution is -0.255. The van der Waals surface area contributed by atoms with Gasteiger partial charge in [-0.1, -0.05) is 35.5 Å². The standard InChI is InChI=1S/C13H11F3N4O2/c1-8-7-12(21,13(14,15)16)20(18-8)11-17-10(19-22-11)9-5-3-2-4-6-9/h2-6,21H,7H2,1H3/t12-/m1/s1. The Bertz CT molecular complexity index is 714. The smallest absolute Gasteiger partial charge is 0.362 e. The first-order valence-corrected chi connectivity index (χ1v) is 6.34. The average Bonchev–Trinajstić information content (AvgIpc) is 3.04. The first kappa shape index (κ1) is 14.5. The molecule has 0 amide bonds. The minimum absolute atomic E-state index is 0.110. The van der Waals surface area contributed by atoms with Gasteiger partial charge in [0.15, 0.2) is 0 Å². The molecule has 6 nitrogen and oxygen atoms in total. The number of aliphatic hydroxyl groups is 1. The fourth-order valence-electron chi connectivity index (χ4n) is 2.15. The highest BCUT2D eigenvalue weighted by Crippen LogP contribution is 2.42. The minimum Gasteiger partial charge on any atom is -0.362 e. The summed E-state index contributed by atoms with van der Waals surface area (Å²) in [5.41, 5.74) is -2.50. The summed E-state index contributed by atoms with van der Waals surface area (Å²) in [4.78, 5) is 3.89. The van der Waals surface area contributed by atoms with Crippen molar-refractivity contribution in [2.75, 3.05) is 5.01 Å². The van der Waals surface area contributed by atoms with Crippen LogP contribution in [0.2, 0.25) is 0 Å². The van der Waals surface area contributed by atoms with Gasteiger partial charge in [0.25, 0.3) is 5.72 Å². The molecule has 9 heteroatoms. The Hall–Kier alpha value is -2.42. The van der Waals surface area contributed by atoms with Crippen molar-refractivity contribution in [3.8, 4) is 11.4 Å². The fourth-order valence-corrected chi connectivity index (χ4v) is 2.15. The Morgan fingerprint density at radius 2 is 1.95 bits per heavy atom. The summed E-state index contributed by atoms with van der Waals surface area (Å²) in [6.45, 7) is 1.38. The van der Waals surface area contributed by atoms with Crippen molar-refractivity contribution >= 4 is 11.7 Å². The molecule has 0 aliphatic carbocycles. The van der Waals surface area contributed by atoms with Crippen molar-refractivity contribution < 1.29 is 22.8 Å². The highest BCUT2D eigenvalue weighted by Gasteiger charge is 2.62. The zero-order valence-electron chi connectivity index (χ0n) is 11.4.